The van der Waals surface area contributed by atoms with Crippen molar-refractivity contribution in [1.82, 2.24) is 15.0 Å². The first kappa shape index (κ1) is 15.6. The topological polar surface area (TPSA) is 93.8 Å². The molecule has 0 saturated heterocycles. The second-order valence-electron chi connectivity index (χ2n) is 4.33. The van der Waals surface area contributed by atoms with Gasteiger partial charge in [0.2, 0.25) is 5.95 Å². The normalized spacial score (nSPS) is 10.6. The van der Waals surface area contributed by atoms with Crippen molar-refractivity contribution < 1.29 is 4.92 Å². The number of hydrogen-bond acceptors (Lipinski definition) is 8. The van der Waals surface area contributed by atoms with Crippen molar-refractivity contribution in [3.63, 3.8) is 0 Å². The molecule has 2 rings (SSSR count). The van der Waals surface area contributed by atoms with Crippen LogP contribution < -0.4 is 5.32 Å². The van der Waals surface area contributed by atoms with Gasteiger partial charge in [0, 0.05) is 17.6 Å². The van der Waals surface area contributed by atoms with Gasteiger partial charge in [0.25, 0.3) is 0 Å². The predicted molar refractivity (Wildman–Crippen MR) is 83.2 cm³/mol. The second kappa shape index (κ2) is 6.81. The molecule has 2 aromatic rings. The highest BCUT2D eigenvalue weighted by molar-refractivity contribution is 8.01. The fourth-order valence-electron chi connectivity index (χ4n) is 1.60. The van der Waals surface area contributed by atoms with Crippen molar-refractivity contribution in [3.8, 4) is 0 Å². The summed E-state index contributed by atoms with van der Waals surface area (Å²) < 4.78 is 0.732. The first-order valence-electron chi connectivity index (χ1n) is 6.38. The van der Waals surface area contributed by atoms with Crippen molar-refractivity contribution in [2.45, 2.75) is 36.6 Å². The van der Waals surface area contributed by atoms with E-state index >= 15 is 0 Å². The fraction of sp³-hybridized carbons (Fsp3) is 0.417. The third-order valence-electron chi connectivity index (χ3n) is 2.52. The SMILES string of the molecule is CCCNc1nc(C)c([N+](=O)[O-])c(Sc2nc(C)cs2)n1. The highest BCUT2D eigenvalue weighted by Gasteiger charge is 2.23. The number of thiazole rings is 1. The van der Waals surface area contributed by atoms with E-state index in [9.17, 15) is 10.1 Å². The lowest BCUT2D eigenvalue weighted by molar-refractivity contribution is -0.389. The molecule has 0 aromatic carbocycles. The van der Waals surface area contributed by atoms with Crippen molar-refractivity contribution >= 4 is 34.7 Å². The van der Waals surface area contributed by atoms with Gasteiger partial charge >= 0.3 is 5.69 Å². The number of aryl methyl sites for hydroxylation is 2. The molecular weight excluding hydrogens is 310 g/mol. The molecule has 0 radical (unpaired) electrons. The quantitative estimate of drug-likeness (QED) is 0.494. The summed E-state index contributed by atoms with van der Waals surface area (Å²) in [5.41, 5.74) is 1.18. The maximum absolute atomic E-state index is 11.2. The maximum Gasteiger partial charge on any atom is 0.322 e. The molecule has 0 aliphatic rings. The minimum Gasteiger partial charge on any atom is -0.354 e. The number of nitrogens with one attached hydrogen (secondary N) is 1. The molecule has 1 N–H and O–H groups in total. The molecule has 0 bridgehead atoms. The number of nitrogens with zero attached hydrogens (tertiary/aromatic N) is 4. The predicted octanol–water partition coefficient (Wildman–Crippen LogP) is 3.43. The summed E-state index contributed by atoms with van der Waals surface area (Å²) >= 11 is 2.64. The maximum atomic E-state index is 11.2. The summed E-state index contributed by atoms with van der Waals surface area (Å²) in [6, 6.07) is 0. The van der Waals surface area contributed by atoms with Crippen molar-refractivity contribution in [3.05, 3.63) is 26.9 Å². The number of aromatic nitrogens is 3. The van der Waals surface area contributed by atoms with E-state index in [1.807, 2.05) is 19.2 Å². The van der Waals surface area contributed by atoms with E-state index in [1.54, 1.807) is 6.92 Å². The summed E-state index contributed by atoms with van der Waals surface area (Å²) in [5.74, 6) is 0.413. The van der Waals surface area contributed by atoms with Crippen LogP contribution in [0.15, 0.2) is 14.7 Å². The van der Waals surface area contributed by atoms with E-state index in [0.29, 0.717) is 16.7 Å². The van der Waals surface area contributed by atoms with Gasteiger partial charge in [-0.2, -0.15) is 4.98 Å². The van der Waals surface area contributed by atoms with Gasteiger partial charge in [-0.05, 0) is 32.0 Å². The van der Waals surface area contributed by atoms with Gasteiger partial charge in [-0.25, -0.2) is 9.97 Å². The highest BCUT2D eigenvalue weighted by atomic mass is 32.2. The minimum atomic E-state index is -0.443. The molecular formula is C12H15N5O2S2. The Hall–Kier alpha value is -1.74. The lowest BCUT2D eigenvalue weighted by Crippen LogP contribution is -2.08. The fourth-order valence-corrected chi connectivity index (χ4v) is 3.50. The van der Waals surface area contributed by atoms with E-state index in [4.69, 9.17) is 0 Å². The first-order valence-corrected chi connectivity index (χ1v) is 8.07. The van der Waals surface area contributed by atoms with Crippen LogP contribution in [0.3, 0.4) is 0 Å². The van der Waals surface area contributed by atoms with Gasteiger partial charge in [-0.15, -0.1) is 11.3 Å². The average molecular weight is 325 g/mol. The van der Waals surface area contributed by atoms with Gasteiger partial charge in [0.05, 0.1) is 4.92 Å². The standard InChI is InChI=1S/C12H15N5O2S2/c1-4-5-13-11-15-8(3)9(17(18)19)10(16-11)21-12-14-7(2)6-20-12/h6H,4-5H2,1-3H3,(H,13,15,16). The molecule has 21 heavy (non-hydrogen) atoms. The third-order valence-corrected chi connectivity index (χ3v) is 4.56. The number of rotatable bonds is 6. The van der Waals surface area contributed by atoms with Crippen molar-refractivity contribution in [2.24, 2.45) is 0 Å². The van der Waals surface area contributed by atoms with E-state index in [2.05, 4.69) is 20.3 Å². The van der Waals surface area contributed by atoms with Crippen LogP contribution in [0.2, 0.25) is 0 Å². The van der Waals surface area contributed by atoms with Crippen LogP contribution in [0.1, 0.15) is 24.7 Å². The molecule has 0 aliphatic carbocycles. The highest BCUT2D eigenvalue weighted by Crippen LogP contribution is 2.36. The van der Waals surface area contributed by atoms with Crippen LogP contribution in [-0.2, 0) is 0 Å². The summed E-state index contributed by atoms with van der Waals surface area (Å²) in [6.07, 6.45) is 0.924. The number of nitro groups is 1. The third kappa shape index (κ3) is 3.88. The van der Waals surface area contributed by atoms with Crippen molar-refractivity contribution in [2.75, 3.05) is 11.9 Å². The van der Waals surface area contributed by atoms with Gasteiger partial charge in [-0.1, -0.05) is 6.92 Å². The lowest BCUT2D eigenvalue weighted by atomic mass is 10.4. The van der Waals surface area contributed by atoms with Gasteiger partial charge in [0.15, 0.2) is 9.37 Å². The number of hydrogen-bond donors (Lipinski definition) is 1. The van der Waals surface area contributed by atoms with E-state index in [1.165, 1.54) is 23.1 Å². The summed E-state index contributed by atoms with van der Waals surface area (Å²) in [4.78, 5) is 23.5. The van der Waals surface area contributed by atoms with E-state index in [-0.39, 0.29) is 5.69 Å². The lowest BCUT2D eigenvalue weighted by Gasteiger charge is -2.07. The zero-order chi connectivity index (χ0) is 15.4. The molecule has 0 amide bonds. The van der Waals surface area contributed by atoms with Crippen LogP contribution in [-0.4, -0.2) is 26.4 Å². The molecule has 9 heteroatoms. The molecule has 0 saturated carbocycles. The van der Waals surface area contributed by atoms with Gasteiger partial charge in [-0.3, -0.25) is 10.1 Å². The smallest absolute Gasteiger partial charge is 0.322 e. The Morgan fingerprint density at radius 3 is 2.71 bits per heavy atom. The van der Waals surface area contributed by atoms with Crippen LogP contribution in [0.5, 0.6) is 0 Å². The Bertz CT molecular complexity index is 659. The molecule has 0 atom stereocenters. The second-order valence-corrected chi connectivity index (χ2v) is 6.42. The zero-order valence-corrected chi connectivity index (χ0v) is 13.5. The van der Waals surface area contributed by atoms with Crippen LogP contribution in [0, 0.1) is 24.0 Å². The molecule has 0 aliphatic heterocycles. The molecule has 112 valence electrons. The van der Waals surface area contributed by atoms with E-state index in [0.717, 1.165) is 23.0 Å². The molecule has 0 spiro atoms. The van der Waals surface area contributed by atoms with E-state index < -0.39 is 4.92 Å². The van der Waals surface area contributed by atoms with Crippen LogP contribution >= 0.6 is 23.1 Å². The summed E-state index contributed by atoms with van der Waals surface area (Å²) in [5, 5.41) is 16.5. The molecule has 0 fully saturated rings. The summed E-state index contributed by atoms with van der Waals surface area (Å²) in [6.45, 7) is 6.25. The van der Waals surface area contributed by atoms with Crippen LogP contribution in [0.4, 0.5) is 11.6 Å². The Kier molecular flexibility index (Phi) is 5.07. The number of anilines is 1. The van der Waals surface area contributed by atoms with Crippen molar-refractivity contribution in [1.29, 1.82) is 0 Å². The molecule has 2 heterocycles. The molecule has 7 nitrogen and oxygen atoms in total. The Morgan fingerprint density at radius 2 is 2.14 bits per heavy atom. The zero-order valence-electron chi connectivity index (χ0n) is 11.9. The average Bonchev–Trinajstić information content (AvgIpc) is 2.80. The minimum absolute atomic E-state index is 0.0603. The Morgan fingerprint density at radius 1 is 1.38 bits per heavy atom. The first-order chi connectivity index (χ1) is 10.0. The van der Waals surface area contributed by atoms with Gasteiger partial charge < -0.3 is 5.32 Å². The molecule has 2 aromatic heterocycles. The summed E-state index contributed by atoms with van der Waals surface area (Å²) in [7, 11) is 0. The van der Waals surface area contributed by atoms with Crippen LogP contribution in [0.25, 0.3) is 0 Å². The Balaban J connectivity index is 2.39. The van der Waals surface area contributed by atoms with Gasteiger partial charge in [0.1, 0.15) is 5.69 Å². The monoisotopic (exact) mass is 325 g/mol. The Labute approximate surface area is 130 Å². The molecule has 0 unspecified atom stereocenters. The largest absolute Gasteiger partial charge is 0.354 e.